The van der Waals surface area contributed by atoms with Crippen molar-refractivity contribution in [1.29, 1.82) is 0 Å². The molecule has 12 heavy (non-hydrogen) atoms. The minimum atomic E-state index is -0.280. The quantitative estimate of drug-likeness (QED) is 0.683. The smallest absolute Gasteiger partial charge is 0.0682 e. The van der Waals surface area contributed by atoms with Crippen LogP contribution < -0.4 is 0 Å². The summed E-state index contributed by atoms with van der Waals surface area (Å²) in [5, 5.41) is 16.4. The van der Waals surface area contributed by atoms with E-state index in [9.17, 15) is 5.11 Å². The number of H-pyrrole nitrogens is 1. The molecule has 0 unspecified atom stereocenters. The van der Waals surface area contributed by atoms with Crippen LogP contribution in [0.3, 0.4) is 0 Å². The van der Waals surface area contributed by atoms with Gasteiger partial charge in [0.05, 0.1) is 11.8 Å². The Morgan fingerprint density at radius 3 is 3.17 bits per heavy atom. The largest absolute Gasteiger partial charge is 0.393 e. The summed E-state index contributed by atoms with van der Waals surface area (Å²) in [7, 11) is 0. The lowest BCUT2D eigenvalue weighted by Crippen LogP contribution is -2.06. The molecule has 0 saturated heterocycles. The van der Waals surface area contributed by atoms with Crippen LogP contribution >= 0.6 is 0 Å². The summed E-state index contributed by atoms with van der Waals surface area (Å²) in [6, 6.07) is 0. The molecule has 0 amide bonds. The summed E-state index contributed by atoms with van der Waals surface area (Å²) < 4.78 is 0. The maximum absolute atomic E-state index is 9.20. The zero-order valence-corrected chi connectivity index (χ0v) is 7.30. The van der Waals surface area contributed by atoms with E-state index in [1.807, 2.05) is 0 Å². The average molecular weight is 166 g/mol. The zero-order chi connectivity index (χ0) is 8.55. The number of aromatic amines is 1. The van der Waals surface area contributed by atoms with E-state index in [-0.39, 0.29) is 6.10 Å². The van der Waals surface area contributed by atoms with Crippen molar-refractivity contribution in [3.8, 4) is 0 Å². The third-order valence-corrected chi connectivity index (χ3v) is 2.38. The van der Waals surface area contributed by atoms with Crippen LogP contribution in [0.2, 0.25) is 0 Å². The number of rotatable bonds is 2. The number of aryl methyl sites for hydroxylation is 1. The fraction of sp³-hybridized carbons (Fsp3) is 0.667. The molecule has 1 aliphatic rings. The standard InChI is InChI=1S/C9H14N2O/c1-6(12)5-9-7-3-2-4-8(7)10-11-9/h6,12H,2-5H2,1H3,(H,10,11)/t6-/m0/s1. The van der Waals surface area contributed by atoms with E-state index in [0.29, 0.717) is 6.42 Å². The lowest BCUT2D eigenvalue weighted by molar-refractivity contribution is 0.194. The normalized spacial score (nSPS) is 17.8. The molecule has 1 atom stereocenters. The van der Waals surface area contributed by atoms with Crippen LogP contribution in [-0.4, -0.2) is 21.4 Å². The zero-order valence-electron chi connectivity index (χ0n) is 7.30. The Labute approximate surface area is 71.8 Å². The Kier molecular flexibility index (Phi) is 1.89. The number of hydrogen-bond acceptors (Lipinski definition) is 2. The Morgan fingerprint density at radius 2 is 2.42 bits per heavy atom. The second-order valence-electron chi connectivity index (χ2n) is 3.53. The van der Waals surface area contributed by atoms with Gasteiger partial charge >= 0.3 is 0 Å². The van der Waals surface area contributed by atoms with Crippen LogP contribution in [0.25, 0.3) is 0 Å². The fourth-order valence-electron chi connectivity index (χ4n) is 1.84. The lowest BCUT2D eigenvalue weighted by Gasteiger charge is -2.01. The van der Waals surface area contributed by atoms with E-state index >= 15 is 0 Å². The first-order valence-electron chi connectivity index (χ1n) is 4.50. The average Bonchev–Trinajstić information content (AvgIpc) is 2.52. The van der Waals surface area contributed by atoms with E-state index in [4.69, 9.17) is 0 Å². The molecule has 3 nitrogen and oxygen atoms in total. The molecule has 0 fully saturated rings. The van der Waals surface area contributed by atoms with E-state index in [2.05, 4.69) is 10.2 Å². The third-order valence-electron chi connectivity index (χ3n) is 2.38. The van der Waals surface area contributed by atoms with Gasteiger partial charge in [-0.1, -0.05) is 0 Å². The topological polar surface area (TPSA) is 48.9 Å². The lowest BCUT2D eigenvalue weighted by atomic mass is 10.1. The van der Waals surface area contributed by atoms with Crippen molar-refractivity contribution >= 4 is 0 Å². The minimum Gasteiger partial charge on any atom is -0.393 e. The van der Waals surface area contributed by atoms with Gasteiger partial charge in [0.15, 0.2) is 0 Å². The molecule has 1 heterocycles. The Bertz CT molecular complexity index is 278. The van der Waals surface area contributed by atoms with Gasteiger partial charge in [-0.2, -0.15) is 5.10 Å². The Hall–Kier alpha value is -0.830. The maximum atomic E-state index is 9.20. The SMILES string of the molecule is C[C@H](O)Cc1n[nH]c2c1CCC2. The molecule has 66 valence electrons. The van der Waals surface area contributed by atoms with Crippen LogP contribution in [-0.2, 0) is 19.3 Å². The predicted octanol–water partition coefficient (Wildman–Crippen LogP) is 0.822. The molecule has 0 spiro atoms. The van der Waals surface area contributed by atoms with Crippen LogP contribution in [0, 0.1) is 0 Å². The number of fused-ring (bicyclic) bond motifs is 1. The van der Waals surface area contributed by atoms with Gasteiger partial charge < -0.3 is 5.11 Å². The number of aromatic nitrogens is 2. The number of aliphatic hydroxyl groups is 1. The van der Waals surface area contributed by atoms with Crippen LogP contribution in [0.5, 0.6) is 0 Å². The number of aliphatic hydroxyl groups excluding tert-OH is 1. The molecule has 0 saturated carbocycles. The van der Waals surface area contributed by atoms with E-state index in [0.717, 1.165) is 18.5 Å². The second-order valence-corrected chi connectivity index (χ2v) is 3.53. The van der Waals surface area contributed by atoms with E-state index in [1.165, 1.54) is 17.7 Å². The summed E-state index contributed by atoms with van der Waals surface area (Å²) in [5.74, 6) is 0. The highest BCUT2D eigenvalue weighted by Crippen LogP contribution is 2.23. The van der Waals surface area contributed by atoms with Crippen molar-refractivity contribution in [3.63, 3.8) is 0 Å². The molecule has 1 aromatic rings. The number of hydrogen-bond donors (Lipinski definition) is 2. The Balaban J connectivity index is 2.22. The summed E-state index contributed by atoms with van der Waals surface area (Å²) >= 11 is 0. The highest BCUT2D eigenvalue weighted by atomic mass is 16.3. The highest BCUT2D eigenvalue weighted by Gasteiger charge is 2.18. The minimum absolute atomic E-state index is 0.280. The van der Waals surface area contributed by atoms with Crippen molar-refractivity contribution in [2.45, 2.75) is 38.7 Å². The summed E-state index contributed by atoms with van der Waals surface area (Å²) in [4.78, 5) is 0. The predicted molar refractivity (Wildman–Crippen MR) is 46.0 cm³/mol. The van der Waals surface area contributed by atoms with Gasteiger partial charge in [-0.15, -0.1) is 0 Å². The van der Waals surface area contributed by atoms with Crippen molar-refractivity contribution in [3.05, 3.63) is 17.0 Å². The first-order chi connectivity index (χ1) is 5.77. The van der Waals surface area contributed by atoms with Gasteiger partial charge in [0, 0.05) is 12.1 Å². The molecule has 0 aliphatic heterocycles. The van der Waals surface area contributed by atoms with Crippen molar-refractivity contribution in [2.24, 2.45) is 0 Å². The maximum Gasteiger partial charge on any atom is 0.0682 e. The molecule has 1 aromatic heterocycles. The first kappa shape index (κ1) is 7.80. The van der Waals surface area contributed by atoms with Crippen molar-refractivity contribution in [1.82, 2.24) is 10.2 Å². The molecule has 0 radical (unpaired) electrons. The van der Waals surface area contributed by atoms with Gasteiger partial charge in [0.2, 0.25) is 0 Å². The fourth-order valence-corrected chi connectivity index (χ4v) is 1.84. The molecule has 2 N–H and O–H groups in total. The van der Waals surface area contributed by atoms with Gasteiger partial charge in [0.25, 0.3) is 0 Å². The number of nitrogens with zero attached hydrogens (tertiary/aromatic N) is 1. The van der Waals surface area contributed by atoms with Crippen molar-refractivity contribution < 1.29 is 5.11 Å². The van der Waals surface area contributed by atoms with Gasteiger partial charge in [-0.25, -0.2) is 0 Å². The van der Waals surface area contributed by atoms with E-state index in [1.54, 1.807) is 6.92 Å². The molecule has 0 bridgehead atoms. The molecule has 3 heteroatoms. The number of nitrogens with one attached hydrogen (secondary N) is 1. The Morgan fingerprint density at radius 1 is 1.58 bits per heavy atom. The van der Waals surface area contributed by atoms with Gasteiger partial charge in [-0.3, -0.25) is 5.10 Å². The monoisotopic (exact) mass is 166 g/mol. The summed E-state index contributed by atoms with van der Waals surface area (Å²) in [6.07, 6.45) is 3.90. The van der Waals surface area contributed by atoms with Gasteiger partial charge in [-0.05, 0) is 31.7 Å². The third kappa shape index (κ3) is 1.25. The molecule has 2 rings (SSSR count). The second kappa shape index (κ2) is 2.90. The van der Waals surface area contributed by atoms with Crippen LogP contribution in [0.15, 0.2) is 0 Å². The van der Waals surface area contributed by atoms with Crippen LogP contribution in [0.4, 0.5) is 0 Å². The van der Waals surface area contributed by atoms with Gasteiger partial charge in [0.1, 0.15) is 0 Å². The van der Waals surface area contributed by atoms with Crippen molar-refractivity contribution in [2.75, 3.05) is 0 Å². The molecular formula is C9H14N2O. The summed E-state index contributed by atoms with van der Waals surface area (Å²) in [5.41, 5.74) is 3.71. The molecular weight excluding hydrogens is 152 g/mol. The molecule has 1 aliphatic carbocycles. The van der Waals surface area contributed by atoms with Crippen LogP contribution in [0.1, 0.15) is 30.3 Å². The highest BCUT2D eigenvalue weighted by molar-refractivity contribution is 5.29. The first-order valence-corrected chi connectivity index (χ1v) is 4.50. The van der Waals surface area contributed by atoms with E-state index < -0.39 is 0 Å². The summed E-state index contributed by atoms with van der Waals surface area (Å²) in [6.45, 7) is 1.80. The molecule has 0 aromatic carbocycles.